The topological polar surface area (TPSA) is 76.1 Å². The van der Waals surface area contributed by atoms with Gasteiger partial charge in [0.15, 0.2) is 11.5 Å². The molecule has 1 saturated heterocycles. The Kier molecular flexibility index (Phi) is 4.92. The predicted molar refractivity (Wildman–Crippen MR) is 87.6 cm³/mol. The van der Waals surface area contributed by atoms with E-state index in [2.05, 4.69) is 0 Å². The van der Waals surface area contributed by atoms with Gasteiger partial charge in [0.1, 0.15) is 0 Å². The summed E-state index contributed by atoms with van der Waals surface area (Å²) in [5.41, 5.74) is 0.988. The standard InChI is InChI=1S/C18H23NO5/c1-23-15-8-6-12(10-16(15)24-14-4-2-3-5-14)13-7-9-17(20)19(11-13)18(21)22/h6,8,10,13-14H,2-5,7,9,11H2,1H3,(H,21,22). The Labute approximate surface area is 141 Å². The molecule has 0 spiro atoms. The van der Waals surface area contributed by atoms with E-state index in [1.54, 1.807) is 7.11 Å². The monoisotopic (exact) mass is 333 g/mol. The first-order chi connectivity index (χ1) is 11.6. The largest absolute Gasteiger partial charge is 0.493 e. The van der Waals surface area contributed by atoms with Crippen molar-refractivity contribution in [2.45, 2.75) is 50.5 Å². The van der Waals surface area contributed by atoms with E-state index in [9.17, 15) is 9.59 Å². The zero-order valence-electron chi connectivity index (χ0n) is 13.9. The summed E-state index contributed by atoms with van der Waals surface area (Å²) >= 11 is 0. The zero-order valence-corrected chi connectivity index (χ0v) is 13.9. The normalized spacial score (nSPS) is 21.8. The summed E-state index contributed by atoms with van der Waals surface area (Å²) in [7, 11) is 1.61. The summed E-state index contributed by atoms with van der Waals surface area (Å²) in [5, 5.41) is 9.16. The van der Waals surface area contributed by atoms with Crippen molar-refractivity contribution in [3.05, 3.63) is 23.8 Å². The number of piperidine rings is 1. The zero-order chi connectivity index (χ0) is 17.1. The highest BCUT2D eigenvalue weighted by Crippen LogP contribution is 2.36. The van der Waals surface area contributed by atoms with E-state index in [1.165, 1.54) is 12.8 Å². The molecule has 1 unspecified atom stereocenters. The Morgan fingerprint density at radius 2 is 1.96 bits per heavy atom. The van der Waals surface area contributed by atoms with Crippen LogP contribution in [0, 0.1) is 0 Å². The molecule has 1 heterocycles. The molecule has 1 aliphatic carbocycles. The minimum absolute atomic E-state index is 0.00404. The van der Waals surface area contributed by atoms with E-state index in [-0.39, 0.29) is 30.9 Å². The number of likely N-dealkylation sites (tertiary alicyclic amines) is 1. The number of carbonyl (C=O) groups excluding carboxylic acids is 1. The van der Waals surface area contributed by atoms with E-state index in [0.29, 0.717) is 17.9 Å². The van der Waals surface area contributed by atoms with Gasteiger partial charge in [-0.25, -0.2) is 9.69 Å². The smallest absolute Gasteiger partial charge is 0.414 e. The van der Waals surface area contributed by atoms with Crippen LogP contribution in [0.25, 0.3) is 0 Å². The lowest BCUT2D eigenvalue weighted by atomic mass is 9.90. The van der Waals surface area contributed by atoms with Crippen molar-refractivity contribution in [3.8, 4) is 11.5 Å². The molecule has 1 aromatic carbocycles. The Hall–Kier alpha value is -2.24. The van der Waals surface area contributed by atoms with Crippen LogP contribution in [0.3, 0.4) is 0 Å². The Bertz CT molecular complexity index is 624. The highest BCUT2D eigenvalue weighted by Gasteiger charge is 2.31. The fourth-order valence-corrected chi connectivity index (χ4v) is 3.53. The van der Waals surface area contributed by atoms with Gasteiger partial charge < -0.3 is 14.6 Å². The molecule has 1 N–H and O–H groups in total. The van der Waals surface area contributed by atoms with Gasteiger partial charge in [0.25, 0.3) is 0 Å². The van der Waals surface area contributed by atoms with Crippen molar-refractivity contribution in [2.24, 2.45) is 0 Å². The van der Waals surface area contributed by atoms with Gasteiger partial charge in [0.2, 0.25) is 5.91 Å². The van der Waals surface area contributed by atoms with Gasteiger partial charge in [0.05, 0.1) is 13.2 Å². The molecule has 1 saturated carbocycles. The summed E-state index contributed by atoms with van der Waals surface area (Å²) in [5.74, 6) is 1.07. The van der Waals surface area contributed by atoms with E-state index in [0.717, 1.165) is 23.3 Å². The van der Waals surface area contributed by atoms with Crippen LogP contribution in [0.15, 0.2) is 18.2 Å². The van der Waals surface area contributed by atoms with Crippen LogP contribution < -0.4 is 9.47 Å². The lowest BCUT2D eigenvalue weighted by Crippen LogP contribution is -2.42. The van der Waals surface area contributed by atoms with Crippen molar-refractivity contribution < 1.29 is 24.2 Å². The SMILES string of the molecule is COc1ccc(C2CCC(=O)N(C(=O)O)C2)cc1OC1CCCC1. The highest BCUT2D eigenvalue weighted by molar-refractivity contribution is 5.91. The predicted octanol–water partition coefficient (Wildman–Crippen LogP) is 3.40. The van der Waals surface area contributed by atoms with Gasteiger partial charge in [-0.1, -0.05) is 6.07 Å². The summed E-state index contributed by atoms with van der Waals surface area (Å²) in [6, 6.07) is 5.74. The number of hydrogen-bond acceptors (Lipinski definition) is 4. The number of carbonyl (C=O) groups is 2. The maximum Gasteiger partial charge on any atom is 0.414 e. The van der Waals surface area contributed by atoms with Gasteiger partial charge in [-0.3, -0.25) is 4.79 Å². The van der Waals surface area contributed by atoms with Crippen molar-refractivity contribution in [1.29, 1.82) is 0 Å². The van der Waals surface area contributed by atoms with Crippen LogP contribution in [0.4, 0.5) is 4.79 Å². The molecule has 2 amide bonds. The molecule has 0 radical (unpaired) electrons. The van der Waals surface area contributed by atoms with Crippen molar-refractivity contribution in [2.75, 3.05) is 13.7 Å². The Morgan fingerprint density at radius 3 is 2.62 bits per heavy atom. The number of ether oxygens (including phenoxy) is 2. The molecule has 6 heteroatoms. The first kappa shape index (κ1) is 16.6. The number of rotatable bonds is 4. The Morgan fingerprint density at radius 1 is 1.21 bits per heavy atom. The summed E-state index contributed by atoms with van der Waals surface area (Å²) in [6.07, 6.45) is 4.42. The molecule has 1 atom stereocenters. The molecule has 24 heavy (non-hydrogen) atoms. The molecular formula is C18H23NO5. The summed E-state index contributed by atoms with van der Waals surface area (Å²) in [6.45, 7) is 0.198. The third kappa shape index (κ3) is 3.47. The van der Waals surface area contributed by atoms with Crippen molar-refractivity contribution in [3.63, 3.8) is 0 Å². The Balaban J connectivity index is 1.80. The number of nitrogens with zero attached hydrogens (tertiary/aromatic N) is 1. The lowest BCUT2D eigenvalue weighted by molar-refractivity contribution is -0.131. The second-order valence-corrected chi connectivity index (χ2v) is 6.46. The molecule has 0 bridgehead atoms. The van der Waals surface area contributed by atoms with Gasteiger partial charge in [0, 0.05) is 18.9 Å². The minimum atomic E-state index is -1.18. The molecule has 0 aromatic heterocycles. The fraction of sp³-hybridized carbons (Fsp3) is 0.556. The third-order valence-corrected chi connectivity index (χ3v) is 4.90. The second-order valence-electron chi connectivity index (χ2n) is 6.46. The average Bonchev–Trinajstić information content (AvgIpc) is 3.08. The van der Waals surface area contributed by atoms with Crippen LogP contribution in [-0.2, 0) is 4.79 Å². The maximum absolute atomic E-state index is 11.7. The van der Waals surface area contributed by atoms with Crippen LogP contribution in [0.1, 0.15) is 50.0 Å². The van der Waals surface area contributed by atoms with E-state index in [4.69, 9.17) is 14.6 Å². The molecule has 6 nitrogen and oxygen atoms in total. The van der Waals surface area contributed by atoms with Gasteiger partial charge >= 0.3 is 6.09 Å². The number of hydrogen-bond donors (Lipinski definition) is 1. The average molecular weight is 333 g/mol. The van der Waals surface area contributed by atoms with E-state index >= 15 is 0 Å². The first-order valence-electron chi connectivity index (χ1n) is 8.46. The number of carboxylic acid groups (broad SMARTS) is 1. The minimum Gasteiger partial charge on any atom is -0.493 e. The van der Waals surface area contributed by atoms with Crippen LogP contribution >= 0.6 is 0 Å². The molecule has 2 fully saturated rings. The number of methoxy groups -OCH3 is 1. The number of benzene rings is 1. The van der Waals surface area contributed by atoms with Gasteiger partial charge in [-0.15, -0.1) is 0 Å². The van der Waals surface area contributed by atoms with Gasteiger partial charge in [-0.2, -0.15) is 0 Å². The first-order valence-corrected chi connectivity index (χ1v) is 8.46. The van der Waals surface area contributed by atoms with Crippen molar-refractivity contribution >= 4 is 12.0 Å². The molecule has 3 rings (SSSR count). The van der Waals surface area contributed by atoms with E-state index < -0.39 is 6.09 Å². The van der Waals surface area contributed by atoms with Crippen LogP contribution in [0.2, 0.25) is 0 Å². The lowest BCUT2D eigenvalue weighted by Gasteiger charge is -2.29. The summed E-state index contributed by atoms with van der Waals surface area (Å²) < 4.78 is 11.5. The highest BCUT2D eigenvalue weighted by atomic mass is 16.5. The molecule has 130 valence electrons. The molecule has 2 aliphatic rings. The van der Waals surface area contributed by atoms with Crippen LogP contribution in [0.5, 0.6) is 11.5 Å². The van der Waals surface area contributed by atoms with E-state index in [1.807, 2.05) is 18.2 Å². The maximum atomic E-state index is 11.7. The molecule has 1 aliphatic heterocycles. The molecular weight excluding hydrogens is 310 g/mol. The van der Waals surface area contributed by atoms with Gasteiger partial charge in [-0.05, 0) is 49.8 Å². The quantitative estimate of drug-likeness (QED) is 0.914. The third-order valence-electron chi connectivity index (χ3n) is 4.90. The summed E-state index contributed by atoms with van der Waals surface area (Å²) in [4.78, 5) is 23.8. The molecule has 1 aromatic rings. The number of imide groups is 1. The number of amides is 2. The second kappa shape index (κ2) is 7.11. The van der Waals surface area contributed by atoms with Crippen molar-refractivity contribution in [1.82, 2.24) is 4.90 Å². The fourth-order valence-electron chi connectivity index (χ4n) is 3.53. The van der Waals surface area contributed by atoms with Crippen LogP contribution in [-0.4, -0.2) is 41.8 Å².